The number of hydrazone groups is 1. The van der Waals surface area contributed by atoms with Crippen LogP contribution < -0.4 is 10.7 Å². The predicted octanol–water partition coefficient (Wildman–Crippen LogP) is 1.75. The van der Waals surface area contributed by atoms with Crippen LogP contribution in [0, 0.1) is 6.92 Å². The number of hydrogen-bond acceptors (Lipinski definition) is 7. The van der Waals surface area contributed by atoms with Gasteiger partial charge in [-0.3, -0.25) is 15.2 Å². The van der Waals surface area contributed by atoms with E-state index in [0.717, 1.165) is 0 Å². The topological polar surface area (TPSA) is 126 Å². The molecular weight excluding hydrogens is 302 g/mol. The number of phenols is 2. The molecule has 0 atom stereocenters. The summed E-state index contributed by atoms with van der Waals surface area (Å²) in [4.78, 5) is 11.8. The molecule has 8 nitrogen and oxygen atoms in total. The summed E-state index contributed by atoms with van der Waals surface area (Å²) in [6.45, 7) is 1.57. The molecule has 0 heterocycles. The molecule has 0 unspecified atom stereocenters. The van der Waals surface area contributed by atoms with Crippen molar-refractivity contribution in [2.24, 2.45) is 5.10 Å². The highest BCUT2D eigenvalue weighted by Gasteiger charge is 2.11. The normalized spacial score (nSPS) is 10.7. The van der Waals surface area contributed by atoms with Gasteiger partial charge in [-0.25, -0.2) is 5.43 Å². The number of benzene rings is 2. The van der Waals surface area contributed by atoms with Gasteiger partial charge in [0.2, 0.25) is 0 Å². The summed E-state index contributed by atoms with van der Waals surface area (Å²) in [6.07, 6.45) is 1.28. The molecular formula is C15H15N3O5. The number of nitrogens with one attached hydrogen (secondary N) is 1. The monoisotopic (exact) mass is 317 g/mol. The maximum atomic E-state index is 11.8. The van der Waals surface area contributed by atoms with Crippen LogP contribution in [0.3, 0.4) is 0 Å². The highest BCUT2D eigenvalue weighted by atomic mass is 16.8. The largest absolute Gasteiger partial charge is 0.508 e. The van der Waals surface area contributed by atoms with E-state index in [4.69, 9.17) is 10.4 Å². The third kappa shape index (κ3) is 3.96. The maximum Gasteiger partial charge on any atom is 0.271 e. The van der Waals surface area contributed by atoms with Crippen LogP contribution in [0.4, 0.5) is 5.69 Å². The molecule has 0 spiro atoms. The molecule has 23 heavy (non-hydrogen) atoms. The SMILES string of the molecule is Cc1cc(/C=N/NC(=O)c2cccc(O)c2)cc(N(O)O)c1O. The second-order valence-electron chi connectivity index (χ2n) is 4.74. The van der Waals surface area contributed by atoms with Gasteiger partial charge in [-0.15, -0.1) is 5.23 Å². The average Bonchev–Trinajstić information content (AvgIpc) is 2.50. The summed E-state index contributed by atoms with van der Waals surface area (Å²) < 4.78 is 0. The van der Waals surface area contributed by atoms with Gasteiger partial charge in [-0.2, -0.15) is 5.10 Å². The molecule has 8 heteroatoms. The smallest absolute Gasteiger partial charge is 0.271 e. The summed E-state index contributed by atoms with van der Waals surface area (Å²) in [5, 5.41) is 40.6. The van der Waals surface area contributed by atoms with E-state index in [-0.39, 0.29) is 28.0 Å². The van der Waals surface area contributed by atoms with Gasteiger partial charge in [0.05, 0.1) is 6.21 Å². The summed E-state index contributed by atoms with van der Waals surface area (Å²) in [5.74, 6) is -0.832. The Bertz CT molecular complexity index is 759. The van der Waals surface area contributed by atoms with Crippen molar-refractivity contribution in [3.63, 3.8) is 0 Å². The van der Waals surface area contributed by atoms with Crippen molar-refractivity contribution in [1.82, 2.24) is 5.43 Å². The van der Waals surface area contributed by atoms with Crippen LogP contribution >= 0.6 is 0 Å². The molecule has 0 saturated heterocycles. The van der Waals surface area contributed by atoms with E-state index in [1.54, 1.807) is 13.0 Å². The zero-order chi connectivity index (χ0) is 17.0. The summed E-state index contributed by atoms with van der Waals surface area (Å²) >= 11 is 0. The Hall–Kier alpha value is -3.10. The van der Waals surface area contributed by atoms with Crippen LogP contribution in [-0.2, 0) is 0 Å². The minimum absolute atomic E-state index is 0.0357. The van der Waals surface area contributed by atoms with Crippen molar-refractivity contribution in [3.05, 3.63) is 53.1 Å². The Balaban J connectivity index is 2.13. The molecule has 1 amide bonds. The number of carbonyl (C=O) groups is 1. The number of amides is 1. The third-order valence-corrected chi connectivity index (χ3v) is 3.01. The fourth-order valence-corrected chi connectivity index (χ4v) is 1.89. The standard InChI is InChI=1S/C15H15N3O5/c1-9-5-10(6-13(14(9)20)18(22)23)8-16-17-15(21)11-3-2-4-12(19)7-11/h2-8,19-20,22-23H,1H3,(H,17,21)/b16-8+. The van der Waals surface area contributed by atoms with E-state index in [0.29, 0.717) is 11.1 Å². The molecule has 0 aromatic heterocycles. The number of rotatable bonds is 4. The van der Waals surface area contributed by atoms with Crippen molar-refractivity contribution in [1.29, 1.82) is 0 Å². The molecule has 5 N–H and O–H groups in total. The number of aromatic hydroxyl groups is 2. The lowest BCUT2D eigenvalue weighted by atomic mass is 10.1. The van der Waals surface area contributed by atoms with Crippen LogP contribution in [0.1, 0.15) is 21.5 Å². The molecule has 2 aromatic carbocycles. The molecule has 2 rings (SSSR count). The second kappa shape index (κ2) is 6.77. The first-order chi connectivity index (χ1) is 10.9. The van der Waals surface area contributed by atoms with Gasteiger partial charge in [-0.1, -0.05) is 6.07 Å². The van der Waals surface area contributed by atoms with Crippen LogP contribution in [0.15, 0.2) is 41.5 Å². The quantitative estimate of drug-likeness (QED) is 0.432. The molecule has 0 saturated carbocycles. The summed E-state index contributed by atoms with van der Waals surface area (Å²) in [5.41, 5.74) is 3.13. The van der Waals surface area contributed by atoms with Gasteiger partial charge in [0, 0.05) is 5.56 Å². The number of anilines is 1. The van der Waals surface area contributed by atoms with Gasteiger partial charge >= 0.3 is 0 Å². The Morgan fingerprint density at radius 2 is 1.96 bits per heavy atom. The van der Waals surface area contributed by atoms with Gasteiger partial charge in [0.1, 0.15) is 17.2 Å². The van der Waals surface area contributed by atoms with Crippen molar-refractivity contribution in [2.75, 3.05) is 5.23 Å². The van der Waals surface area contributed by atoms with Gasteiger partial charge < -0.3 is 10.2 Å². The molecule has 120 valence electrons. The van der Waals surface area contributed by atoms with Gasteiger partial charge in [0.25, 0.3) is 5.91 Å². The molecule has 0 aliphatic heterocycles. The molecule has 2 aromatic rings. The van der Waals surface area contributed by atoms with Crippen LogP contribution in [0.25, 0.3) is 0 Å². The summed E-state index contributed by atoms with van der Waals surface area (Å²) in [7, 11) is 0. The lowest BCUT2D eigenvalue weighted by Crippen LogP contribution is -2.17. The van der Waals surface area contributed by atoms with Crippen molar-refractivity contribution < 1.29 is 25.4 Å². The number of hydrogen-bond donors (Lipinski definition) is 5. The third-order valence-electron chi connectivity index (χ3n) is 3.01. The van der Waals surface area contributed by atoms with Gasteiger partial charge in [0.15, 0.2) is 0 Å². The molecule has 0 aliphatic carbocycles. The van der Waals surface area contributed by atoms with Crippen molar-refractivity contribution in [3.8, 4) is 11.5 Å². The average molecular weight is 317 g/mol. The molecule has 0 aliphatic rings. The van der Waals surface area contributed by atoms with Gasteiger partial charge in [-0.05, 0) is 48.4 Å². The zero-order valence-electron chi connectivity index (χ0n) is 12.1. The number of aryl methyl sites for hydroxylation is 1. The molecule has 0 radical (unpaired) electrons. The minimum Gasteiger partial charge on any atom is -0.508 e. The van der Waals surface area contributed by atoms with Crippen LogP contribution in [0.2, 0.25) is 0 Å². The second-order valence-corrected chi connectivity index (χ2v) is 4.74. The number of nitrogens with zero attached hydrogens (tertiary/aromatic N) is 2. The van der Waals surface area contributed by atoms with E-state index in [1.165, 1.54) is 36.5 Å². The molecule has 0 bridgehead atoms. The number of phenolic OH excluding ortho intramolecular Hbond substituents is 2. The maximum absolute atomic E-state index is 11.8. The van der Waals surface area contributed by atoms with E-state index in [9.17, 15) is 15.0 Å². The predicted molar refractivity (Wildman–Crippen MR) is 82.1 cm³/mol. The van der Waals surface area contributed by atoms with E-state index in [1.807, 2.05) is 0 Å². The fraction of sp³-hybridized carbons (Fsp3) is 0.0667. The lowest BCUT2D eigenvalue weighted by molar-refractivity contribution is 0.0279. The summed E-state index contributed by atoms with van der Waals surface area (Å²) in [6, 6.07) is 8.60. The van der Waals surface area contributed by atoms with E-state index in [2.05, 4.69) is 10.5 Å². The Labute approximate surface area is 131 Å². The fourth-order valence-electron chi connectivity index (χ4n) is 1.89. The zero-order valence-corrected chi connectivity index (χ0v) is 12.1. The van der Waals surface area contributed by atoms with Crippen LogP contribution in [0.5, 0.6) is 11.5 Å². The Morgan fingerprint density at radius 3 is 2.61 bits per heavy atom. The van der Waals surface area contributed by atoms with Crippen LogP contribution in [-0.4, -0.2) is 32.7 Å². The van der Waals surface area contributed by atoms with E-state index < -0.39 is 5.91 Å². The highest BCUT2D eigenvalue weighted by molar-refractivity contribution is 5.95. The minimum atomic E-state index is -0.515. The van der Waals surface area contributed by atoms with Crippen molar-refractivity contribution in [2.45, 2.75) is 6.92 Å². The van der Waals surface area contributed by atoms with Crippen molar-refractivity contribution >= 4 is 17.8 Å². The first kappa shape index (κ1) is 16.3. The first-order valence-electron chi connectivity index (χ1n) is 6.52. The lowest BCUT2D eigenvalue weighted by Gasteiger charge is -2.12. The number of carbonyl (C=O) groups excluding carboxylic acids is 1. The Kier molecular flexibility index (Phi) is 4.79. The highest BCUT2D eigenvalue weighted by Crippen LogP contribution is 2.30. The Morgan fingerprint density at radius 1 is 1.22 bits per heavy atom. The van der Waals surface area contributed by atoms with E-state index >= 15 is 0 Å². The first-order valence-corrected chi connectivity index (χ1v) is 6.52. The molecule has 0 fully saturated rings.